The van der Waals surface area contributed by atoms with Crippen LogP contribution in [-0.4, -0.2) is 41.4 Å². The first-order valence-corrected chi connectivity index (χ1v) is 4.76. The highest BCUT2D eigenvalue weighted by atomic mass is 16.5. The third kappa shape index (κ3) is 2.14. The van der Waals surface area contributed by atoms with Crippen molar-refractivity contribution in [1.29, 1.82) is 0 Å². The van der Waals surface area contributed by atoms with Crippen LogP contribution in [0.2, 0.25) is 0 Å². The van der Waals surface area contributed by atoms with Crippen LogP contribution in [0.4, 0.5) is 0 Å². The first kappa shape index (κ1) is 10.1. The standard InChI is InChI=1S/C10H13N3O2/c1-15-10-9(12-2-3-13-10)7-4-8(14)6-11-5-7/h2-4,8,11,14H,5-6H2,1H3. The zero-order chi connectivity index (χ0) is 10.7. The van der Waals surface area contributed by atoms with Crippen molar-refractivity contribution in [3.05, 3.63) is 24.2 Å². The summed E-state index contributed by atoms with van der Waals surface area (Å²) in [7, 11) is 1.56. The molecule has 80 valence electrons. The minimum atomic E-state index is -0.472. The van der Waals surface area contributed by atoms with Crippen LogP contribution in [0.3, 0.4) is 0 Å². The van der Waals surface area contributed by atoms with Gasteiger partial charge in [0, 0.05) is 25.5 Å². The van der Waals surface area contributed by atoms with E-state index in [-0.39, 0.29) is 0 Å². The Labute approximate surface area is 87.8 Å². The van der Waals surface area contributed by atoms with Gasteiger partial charge in [-0.1, -0.05) is 0 Å². The fourth-order valence-corrected chi connectivity index (χ4v) is 1.56. The predicted octanol–water partition coefficient (Wildman–Crippen LogP) is -0.167. The lowest BCUT2D eigenvalue weighted by Gasteiger charge is -2.18. The molecule has 0 aliphatic carbocycles. The summed E-state index contributed by atoms with van der Waals surface area (Å²) in [6.45, 7) is 1.25. The second-order valence-electron chi connectivity index (χ2n) is 3.30. The molecule has 5 heteroatoms. The van der Waals surface area contributed by atoms with Gasteiger partial charge in [0.15, 0.2) is 0 Å². The Morgan fingerprint density at radius 3 is 3.00 bits per heavy atom. The van der Waals surface area contributed by atoms with Gasteiger partial charge in [-0.2, -0.15) is 0 Å². The molecule has 1 atom stereocenters. The van der Waals surface area contributed by atoms with Gasteiger partial charge in [0.1, 0.15) is 5.69 Å². The summed E-state index contributed by atoms with van der Waals surface area (Å²) in [5, 5.41) is 12.6. The monoisotopic (exact) mass is 207 g/mol. The zero-order valence-corrected chi connectivity index (χ0v) is 8.47. The number of aliphatic hydroxyl groups excluding tert-OH is 1. The fraction of sp³-hybridized carbons (Fsp3) is 0.400. The quantitative estimate of drug-likeness (QED) is 0.705. The third-order valence-corrected chi connectivity index (χ3v) is 2.22. The number of nitrogens with zero attached hydrogens (tertiary/aromatic N) is 2. The predicted molar refractivity (Wildman–Crippen MR) is 55.4 cm³/mol. The maximum Gasteiger partial charge on any atom is 0.240 e. The molecule has 1 aromatic rings. The van der Waals surface area contributed by atoms with Crippen LogP contribution < -0.4 is 10.1 Å². The van der Waals surface area contributed by atoms with Gasteiger partial charge in [-0.3, -0.25) is 0 Å². The van der Waals surface area contributed by atoms with E-state index in [1.54, 1.807) is 25.6 Å². The molecule has 0 radical (unpaired) electrons. The first-order chi connectivity index (χ1) is 7.31. The lowest BCUT2D eigenvalue weighted by molar-refractivity contribution is 0.216. The molecule has 2 rings (SSSR count). The minimum Gasteiger partial charge on any atom is -0.479 e. The summed E-state index contributed by atoms with van der Waals surface area (Å²) in [4.78, 5) is 8.26. The Hall–Kier alpha value is -1.46. The molecule has 0 saturated carbocycles. The van der Waals surface area contributed by atoms with Gasteiger partial charge < -0.3 is 15.2 Å². The summed E-state index contributed by atoms with van der Waals surface area (Å²) >= 11 is 0. The maximum atomic E-state index is 9.48. The lowest BCUT2D eigenvalue weighted by Crippen LogP contribution is -2.32. The number of rotatable bonds is 2. The molecule has 15 heavy (non-hydrogen) atoms. The summed E-state index contributed by atoms with van der Waals surface area (Å²) in [6, 6.07) is 0. The van der Waals surface area contributed by atoms with Crippen molar-refractivity contribution in [2.75, 3.05) is 20.2 Å². The summed E-state index contributed by atoms with van der Waals surface area (Å²) in [6.07, 6.45) is 4.50. The number of ether oxygens (including phenoxy) is 1. The molecule has 1 aromatic heterocycles. The second kappa shape index (κ2) is 4.37. The Bertz CT molecular complexity index is 379. The third-order valence-electron chi connectivity index (χ3n) is 2.22. The van der Waals surface area contributed by atoms with E-state index in [0.717, 1.165) is 5.57 Å². The van der Waals surface area contributed by atoms with E-state index in [1.165, 1.54) is 0 Å². The highest BCUT2D eigenvalue weighted by Crippen LogP contribution is 2.22. The zero-order valence-electron chi connectivity index (χ0n) is 8.47. The molecular weight excluding hydrogens is 194 g/mol. The van der Waals surface area contributed by atoms with Crippen LogP contribution in [0.25, 0.3) is 5.57 Å². The van der Waals surface area contributed by atoms with Crippen LogP contribution in [-0.2, 0) is 0 Å². The van der Waals surface area contributed by atoms with Crippen LogP contribution in [0.5, 0.6) is 5.88 Å². The summed E-state index contributed by atoms with van der Waals surface area (Å²) in [5.74, 6) is 0.486. The van der Waals surface area contributed by atoms with Crippen LogP contribution in [0.15, 0.2) is 18.5 Å². The van der Waals surface area contributed by atoms with E-state index in [9.17, 15) is 5.11 Å². The normalized spacial score (nSPS) is 20.9. The molecule has 2 N–H and O–H groups in total. The van der Waals surface area contributed by atoms with Crippen LogP contribution in [0.1, 0.15) is 5.69 Å². The maximum absolute atomic E-state index is 9.48. The van der Waals surface area contributed by atoms with Crippen molar-refractivity contribution < 1.29 is 9.84 Å². The van der Waals surface area contributed by atoms with Gasteiger partial charge in [-0.05, 0) is 11.6 Å². The Morgan fingerprint density at radius 1 is 1.47 bits per heavy atom. The minimum absolute atomic E-state index is 0.472. The molecule has 1 aliphatic heterocycles. The van der Waals surface area contributed by atoms with Crippen LogP contribution >= 0.6 is 0 Å². The van der Waals surface area contributed by atoms with E-state index in [4.69, 9.17) is 4.74 Å². The number of nitrogens with one attached hydrogen (secondary N) is 1. The van der Waals surface area contributed by atoms with Gasteiger partial charge in [0.2, 0.25) is 5.88 Å². The average Bonchev–Trinajstić information content (AvgIpc) is 2.29. The Balaban J connectivity index is 2.36. The lowest BCUT2D eigenvalue weighted by atomic mass is 10.1. The van der Waals surface area contributed by atoms with Crippen LogP contribution in [0, 0.1) is 0 Å². The number of aliphatic hydroxyl groups is 1. The van der Waals surface area contributed by atoms with Gasteiger partial charge in [-0.15, -0.1) is 0 Å². The second-order valence-corrected chi connectivity index (χ2v) is 3.30. The van der Waals surface area contributed by atoms with Crippen molar-refractivity contribution in [2.45, 2.75) is 6.10 Å². The topological polar surface area (TPSA) is 67.3 Å². The fourth-order valence-electron chi connectivity index (χ4n) is 1.56. The van der Waals surface area contributed by atoms with E-state index in [1.807, 2.05) is 0 Å². The van der Waals surface area contributed by atoms with E-state index in [0.29, 0.717) is 24.7 Å². The Kier molecular flexibility index (Phi) is 2.94. The molecule has 0 aromatic carbocycles. The summed E-state index contributed by atoms with van der Waals surface area (Å²) < 4.78 is 5.11. The van der Waals surface area contributed by atoms with E-state index >= 15 is 0 Å². The van der Waals surface area contributed by atoms with Crippen molar-refractivity contribution in [3.63, 3.8) is 0 Å². The molecule has 5 nitrogen and oxygen atoms in total. The highest BCUT2D eigenvalue weighted by Gasteiger charge is 2.16. The van der Waals surface area contributed by atoms with Gasteiger partial charge >= 0.3 is 0 Å². The number of methoxy groups -OCH3 is 1. The molecular formula is C10H13N3O2. The van der Waals surface area contributed by atoms with Crippen molar-refractivity contribution in [2.24, 2.45) is 0 Å². The molecule has 2 heterocycles. The van der Waals surface area contributed by atoms with Gasteiger partial charge in [0.25, 0.3) is 0 Å². The molecule has 0 spiro atoms. The SMILES string of the molecule is COc1nccnc1C1=CC(O)CNC1. The molecule has 0 bridgehead atoms. The molecule has 0 saturated heterocycles. The number of hydrogen-bond donors (Lipinski definition) is 2. The van der Waals surface area contributed by atoms with E-state index in [2.05, 4.69) is 15.3 Å². The summed E-state index contributed by atoms with van der Waals surface area (Å²) in [5.41, 5.74) is 1.60. The average molecular weight is 207 g/mol. The van der Waals surface area contributed by atoms with Crippen molar-refractivity contribution in [3.8, 4) is 5.88 Å². The number of β-amino-alcohol motifs (C(OH)–C–C–N with tert-alkyl or cyclic N) is 1. The van der Waals surface area contributed by atoms with Gasteiger partial charge in [-0.25, -0.2) is 9.97 Å². The molecule has 1 unspecified atom stereocenters. The van der Waals surface area contributed by atoms with Crippen molar-refractivity contribution in [1.82, 2.24) is 15.3 Å². The van der Waals surface area contributed by atoms with Gasteiger partial charge in [0.05, 0.1) is 13.2 Å². The highest BCUT2D eigenvalue weighted by molar-refractivity contribution is 5.68. The molecule has 0 fully saturated rings. The molecule has 0 amide bonds. The smallest absolute Gasteiger partial charge is 0.240 e. The number of aromatic nitrogens is 2. The first-order valence-electron chi connectivity index (χ1n) is 4.76. The molecule has 1 aliphatic rings. The van der Waals surface area contributed by atoms with E-state index < -0.39 is 6.10 Å². The Morgan fingerprint density at radius 2 is 2.27 bits per heavy atom. The van der Waals surface area contributed by atoms with Crippen molar-refractivity contribution >= 4 is 5.57 Å². The largest absolute Gasteiger partial charge is 0.479 e. The number of hydrogen-bond acceptors (Lipinski definition) is 5.